The number of hydrogen-bond donors (Lipinski definition) is 24. The summed E-state index contributed by atoms with van der Waals surface area (Å²) in [5.74, 6) is -9.89. The van der Waals surface area contributed by atoms with Crippen LogP contribution in [0.2, 0.25) is 0 Å². The second kappa shape index (κ2) is 40.1. The molecule has 0 aromatic carbocycles. The van der Waals surface area contributed by atoms with Gasteiger partial charge in [0.1, 0.15) is 73.2 Å². The zero-order valence-corrected chi connectivity index (χ0v) is 55.1. The van der Waals surface area contributed by atoms with Crippen molar-refractivity contribution in [3.8, 4) is 0 Å². The number of carbonyl (C=O) groups excluding carboxylic acids is 2. The molecule has 0 aliphatic carbocycles. The van der Waals surface area contributed by atoms with E-state index in [-0.39, 0.29) is 25.2 Å². The number of fused-ring (bicyclic) bond motifs is 2. The maximum Gasteiger partial charge on any atom is 0.308 e. The molecule has 33 heteroatoms. The summed E-state index contributed by atoms with van der Waals surface area (Å²) in [5.41, 5.74) is 0. The van der Waals surface area contributed by atoms with Gasteiger partial charge < -0.3 is 156 Å². The molecule has 5 aliphatic heterocycles. The molecule has 7 unspecified atom stereocenters. The molecule has 33 nitrogen and oxygen atoms in total. The van der Waals surface area contributed by atoms with Crippen LogP contribution in [0.3, 0.4) is 0 Å². The summed E-state index contributed by atoms with van der Waals surface area (Å²) in [6, 6.07) is -1.56. The Balaban J connectivity index is 1.46. The van der Waals surface area contributed by atoms with Crippen molar-refractivity contribution in [2.75, 3.05) is 32.9 Å². The Labute approximate surface area is 567 Å². The summed E-state index contributed by atoms with van der Waals surface area (Å²) in [7, 11) is 0. The van der Waals surface area contributed by atoms with E-state index >= 15 is 0 Å². The molecule has 0 aromatic rings. The highest BCUT2D eigenvalue weighted by Gasteiger charge is 2.55. The van der Waals surface area contributed by atoms with Gasteiger partial charge in [-0.05, 0) is 33.1 Å². The fourth-order valence-electron chi connectivity index (χ4n) is 12.0. The van der Waals surface area contributed by atoms with Crippen LogP contribution < -0.4 is 10.6 Å². The molecule has 0 radical (unpaired) electrons. The molecule has 4 saturated heterocycles. The first-order chi connectivity index (χ1) is 46.1. The minimum absolute atomic E-state index is 0.215. The number of aliphatic hydroxyl groups is 22. The van der Waals surface area contributed by atoms with Gasteiger partial charge in [0, 0.05) is 44.1 Å². The molecule has 0 aromatic heterocycles. The number of cyclic esters (lactones) is 1. The lowest BCUT2D eigenvalue weighted by Crippen LogP contribution is -2.70. The Morgan fingerprint density at radius 1 is 0.602 bits per heavy atom. The van der Waals surface area contributed by atoms with Crippen molar-refractivity contribution in [3.63, 3.8) is 0 Å². The third kappa shape index (κ3) is 24.6. The van der Waals surface area contributed by atoms with Crippen LogP contribution in [0, 0.1) is 17.8 Å². The summed E-state index contributed by atoms with van der Waals surface area (Å²) in [5, 5.41) is 244. The summed E-state index contributed by atoms with van der Waals surface area (Å²) in [4.78, 5) is 27.1. The average molecular weight is 1410 g/mol. The van der Waals surface area contributed by atoms with Gasteiger partial charge in [-0.2, -0.15) is 0 Å². The Kier molecular flexibility index (Phi) is 34.6. The number of carbonyl (C=O) groups is 2. The molecule has 0 saturated carbocycles. The van der Waals surface area contributed by atoms with Gasteiger partial charge in [-0.1, -0.05) is 98.9 Å². The van der Waals surface area contributed by atoms with Gasteiger partial charge in [0.05, 0.1) is 118 Å². The molecule has 0 spiro atoms. The van der Waals surface area contributed by atoms with Gasteiger partial charge in [-0.3, -0.25) is 9.59 Å². The van der Waals surface area contributed by atoms with Crippen LogP contribution in [0.1, 0.15) is 79.1 Å². The predicted molar refractivity (Wildman–Crippen MR) is 339 cm³/mol. The van der Waals surface area contributed by atoms with Gasteiger partial charge >= 0.3 is 5.97 Å². The van der Waals surface area contributed by atoms with E-state index < -0.39 is 265 Å². The number of hydrogen-bond acceptors (Lipinski definition) is 32. The molecule has 4 fully saturated rings. The number of rotatable bonds is 15. The SMILES string of the molecule is CC1[C@H](C)OC(=O)C[C@H](O)C[C@H](O)CC[C@@H](O)[C@H](O)C[C@H](O)C[C@]2(O)C[C@H](O)C(C(=O)NCC(O)C(O)C(O)C(O)CO)C(C[C@@H](O[C@@H]3O[C@H](C)[C@@H](O)[C@H](NC[C@@]4(O)OC[C@@H](O)[C@@H](O[C@@H]5O[C@H](CO)[C@@H](O)[C@H](O)[C@H]5O)[C@@H]4O)[C@@H]3O)C=CC=CC=CC=CC=CC=CC=C[C@H](C)[C@H]1O)O2. The van der Waals surface area contributed by atoms with Gasteiger partial charge in [0.15, 0.2) is 18.4 Å². The third-order valence-electron chi connectivity index (χ3n) is 18.2. The Bertz CT molecular complexity index is 2600. The molecular weight excluding hydrogens is 1300 g/mol. The van der Waals surface area contributed by atoms with Gasteiger partial charge in [0.2, 0.25) is 11.7 Å². The van der Waals surface area contributed by atoms with Crippen molar-refractivity contribution in [3.05, 3.63) is 85.1 Å². The normalized spacial score (nSPS) is 42.7. The highest BCUT2D eigenvalue weighted by Crippen LogP contribution is 2.39. The highest BCUT2D eigenvalue weighted by molar-refractivity contribution is 5.80. The van der Waals surface area contributed by atoms with Crippen LogP contribution in [0.25, 0.3) is 0 Å². The molecule has 2 bridgehead atoms. The first kappa shape index (κ1) is 84.6. The van der Waals surface area contributed by atoms with E-state index in [1.807, 2.05) is 0 Å². The number of allylic oxidation sites excluding steroid dienone is 12. The monoisotopic (exact) mass is 1410 g/mol. The van der Waals surface area contributed by atoms with Crippen LogP contribution in [0.15, 0.2) is 85.1 Å². The van der Waals surface area contributed by atoms with Crippen molar-refractivity contribution in [2.45, 2.75) is 256 Å². The maximum atomic E-state index is 14.3. The van der Waals surface area contributed by atoms with Crippen molar-refractivity contribution in [2.24, 2.45) is 17.8 Å². The van der Waals surface area contributed by atoms with E-state index in [4.69, 9.17) is 33.2 Å². The van der Waals surface area contributed by atoms with Crippen LogP contribution >= 0.6 is 0 Å². The summed E-state index contributed by atoms with van der Waals surface area (Å²) in [6.45, 7) is 2.12. The second-order valence-electron chi connectivity index (χ2n) is 26.1. The zero-order valence-electron chi connectivity index (χ0n) is 55.1. The van der Waals surface area contributed by atoms with Crippen molar-refractivity contribution in [1.29, 1.82) is 0 Å². The molecule has 5 aliphatic rings. The van der Waals surface area contributed by atoms with Crippen molar-refractivity contribution in [1.82, 2.24) is 10.6 Å². The Hall–Kier alpha value is -4.04. The van der Waals surface area contributed by atoms with E-state index in [9.17, 15) is 122 Å². The fraction of sp³-hybridized carbons (Fsp3) is 0.754. The molecule has 5 rings (SSSR count). The number of esters is 1. The van der Waals surface area contributed by atoms with Crippen molar-refractivity contribution < 1.29 is 155 Å². The van der Waals surface area contributed by atoms with Gasteiger partial charge in [-0.15, -0.1) is 0 Å². The van der Waals surface area contributed by atoms with Gasteiger partial charge in [-0.25, -0.2) is 0 Å². The third-order valence-corrected chi connectivity index (χ3v) is 18.2. The maximum absolute atomic E-state index is 14.3. The van der Waals surface area contributed by atoms with E-state index in [2.05, 4.69) is 10.6 Å². The smallest absolute Gasteiger partial charge is 0.308 e. The van der Waals surface area contributed by atoms with E-state index in [0.29, 0.717) is 0 Å². The van der Waals surface area contributed by atoms with Gasteiger partial charge in [0.25, 0.3) is 0 Å². The molecular formula is C65H106N2O31. The topological polar surface area (TPSA) is 568 Å². The molecule has 24 N–H and O–H groups in total. The van der Waals surface area contributed by atoms with Crippen LogP contribution in [0.5, 0.6) is 0 Å². The second-order valence-corrected chi connectivity index (χ2v) is 26.1. The first-order valence-electron chi connectivity index (χ1n) is 32.9. The summed E-state index contributed by atoms with van der Waals surface area (Å²) < 4.78 is 40.4. The predicted octanol–water partition coefficient (Wildman–Crippen LogP) is -7.56. The highest BCUT2D eigenvalue weighted by atomic mass is 16.7. The van der Waals surface area contributed by atoms with E-state index in [1.54, 1.807) is 87.6 Å². The lowest BCUT2D eigenvalue weighted by molar-refractivity contribution is -0.368. The standard InChI is InChI=1S/C65H106N2O31/c1-32-17-15-13-11-9-7-5-6-8-10-12-14-16-18-39(95-62-56(85)50(52(81)35(4)94-62)67-31-65(91)60(88)59(45(78)30-92-65)97-63-58(87)57(86)55(84)47(29-69)96-63)24-46-49(61(89)66-27-43(76)53(82)54(83)44(77)28-68)42(75)26-64(90,98-46)25-38(72)22-41(74)40(73)20-19-36(70)21-37(71)23-48(79)93-34(3)33(2)51(32)80/h5-18,32-47,49-60,62-63,67-78,80-88,90-91H,19-31H2,1-4H3,(H,66,89)/t32-,33?,34-,35+,36+,37+,38-,39-,40+,41+,42-,43?,44?,45+,46?,47+,49?,50-,51+,52+,53?,54?,55+,56-,57-,58+,59+,60-,62-,63-,64+,65+/m0/s1. The zero-order chi connectivity index (χ0) is 72.9. The first-order valence-corrected chi connectivity index (χ1v) is 32.9. The number of aliphatic hydroxyl groups excluding tert-OH is 20. The largest absolute Gasteiger partial charge is 0.462 e. The lowest BCUT2D eigenvalue weighted by Gasteiger charge is -2.48. The van der Waals surface area contributed by atoms with Crippen molar-refractivity contribution >= 4 is 11.9 Å². The summed E-state index contributed by atoms with van der Waals surface area (Å²) >= 11 is 0. The number of ether oxygens (including phenoxy) is 7. The number of amides is 1. The van der Waals surface area contributed by atoms with Crippen LogP contribution in [0.4, 0.5) is 0 Å². The van der Waals surface area contributed by atoms with Crippen LogP contribution in [-0.4, -0.2) is 334 Å². The average Bonchev–Trinajstić information content (AvgIpc) is 0.791. The quantitative estimate of drug-likeness (QED) is 0.0677. The molecule has 32 atom stereocenters. The van der Waals surface area contributed by atoms with E-state index in [0.717, 1.165) is 0 Å². The molecule has 1 amide bonds. The Morgan fingerprint density at radius 2 is 1.19 bits per heavy atom. The molecule has 98 heavy (non-hydrogen) atoms. The van der Waals surface area contributed by atoms with E-state index in [1.165, 1.54) is 25.2 Å². The Morgan fingerprint density at radius 3 is 1.81 bits per heavy atom. The molecule has 562 valence electrons. The number of nitrogens with one attached hydrogen (secondary N) is 2. The lowest BCUT2D eigenvalue weighted by atomic mass is 9.82. The molecule has 5 heterocycles. The van der Waals surface area contributed by atoms with Crippen LogP contribution in [-0.2, 0) is 42.7 Å². The minimum Gasteiger partial charge on any atom is -0.462 e. The minimum atomic E-state index is -2.74. The fourth-order valence-corrected chi connectivity index (χ4v) is 12.0. The summed E-state index contributed by atoms with van der Waals surface area (Å²) in [6.07, 6.45) is -25.4.